The Morgan fingerprint density at radius 2 is 2.16 bits per heavy atom. The molecule has 2 rings (SSSR count). The van der Waals surface area contributed by atoms with E-state index in [1.165, 1.54) is 12.0 Å². The number of aliphatic imine (C=N–C) groups is 1. The van der Waals surface area contributed by atoms with E-state index in [0.717, 1.165) is 21.9 Å². The number of aryl methyl sites for hydroxylation is 1. The molecule has 1 aromatic rings. The highest BCUT2D eigenvalue weighted by molar-refractivity contribution is 9.10. The van der Waals surface area contributed by atoms with Crippen LogP contribution in [0.1, 0.15) is 32.8 Å². The second-order valence-corrected chi connectivity index (χ2v) is 8.29. The summed E-state index contributed by atoms with van der Waals surface area (Å²) < 4.78 is 1.12. The van der Waals surface area contributed by atoms with Crippen LogP contribution in [0.4, 0.5) is 5.69 Å². The van der Waals surface area contributed by atoms with Gasteiger partial charge < -0.3 is 5.32 Å². The van der Waals surface area contributed by atoms with Crippen LogP contribution in [-0.4, -0.2) is 17.0 Å². The number of anilines is 1. The van der Waals surface area contributed by atoms with E-state index >= 15 is 0 Å². The molecule has 0 spiro atoms. The first-order valence-corrected chi connectivity index (χ1v) is 8.26. The average Bonchev–Trinajstić information content (AvgIpc) is 2.70. The third-order valence-electron chi connectivity index (χ3n) is 2.99. The quantitative estimate of drug-likeness (QED) is 0.811. The van der Waals surface area contributed by atoms with Crippen molar-refractivity contribution in [2.75, 3.05) is 11.9 Å². The summed E-state index contributed by atoms with van der Waals surface area (Å²) in [7, 11) is 0. The van der Waals surface area contributed by atoms with E-state index in [1.54, 1.807) is 0 Å². The lowest BCUT2D eigenvalue weighted by molar-refractivity contribution is 0.375. The number of benzene rings is 1. The van der Waals surface area contributed by atoms with E-state index in [0.29, 0.717) is 10.7 Å². The Labute approximate surface area is 128 Å². The lowest BCUT2D eigenvalue weighted by Gasteiger charge is -2.21. The van der Waals surface area contributed by atoms with Crippen molar-refractivity contribution in [3.8, 4) is 0 Å². The van der Waals surface area contributed by atoms with Crippen molar-refractivity contribution in [1.29, 1.82) is 0 Å². The molecule has 0 saturated heterocycles. The Kier molecular flexibility index (Phi) is 4.62. The first-order chi connectivity index (χ1) is 8.85. The highest BCUT2D eigenvalue weighted by Gasteiger charge is 2.25. The molecule has 0 radical (unpaired) electrons. The summed E-state index contributed by atoms with van der Waals surface area (Å²) in [5, 5.41) is 5.08. The summed E-state index contributed by atoms with van der Waals surface area (Å²) in [4.78, 5) is 4.62. The van der Waals surface area contributed by atoms with E-state index < -0.39 is 0 Å². The van der Waals surface area contributed by atoms with E-state index in [9.17, 15) is 0 Å². The molecule has 0 fully saturated rings. The summed E-state index contributed by atoms with van der Waals surface area (Å²) >= 11 is 5.49. The Balaban J connectivity index is 1.97. The van der Waals surface area contributed by atoms with Gasteiger partial charge in [0.25, 0.3) is 0 Å². The number of thioether (sulfide) groups is 1. The second kappa shape index (κ2) is 5.88. The van der Waals surface area contributed by atoms with E-state index in [-0.39, 0.29) is 0 Å². The fourth-order valence-electron chi connectivity index (χ4n) is 2.13. The summed E-state index contributed by atoms with van der Waals surface area (Å²) in [6.07, 6.45) is 1.20. The van der Waals surface area contributed by atoms with Gasteiger partial charge in [-0.05, 0) is 46.3 Å². The zero-order valence-corrected chi connectivity index (χ0v) is 14.4. The predicted molar refractivity (Wildman–Crippen MR) is 90.3 cm³/mol. The molecule has 104 valence electrons. The minimum atomic E-state index is 0.368. The summed E-state index contributed by atoms with van der Waals surface area (Å²) in [6.45, 7) is 9.89. The number of nitrogens with one attached hydrogen (secondary N) is 1. The normalized spacial score (nSPS) is 19.4. The SMILES string of the molecule is Cc1cccc(NC2=NCC(CC(C)(C)C)S2)c1Br. The number of hydrogen-bond acceptors (Lipinski definition) is 3. The van der Waals surface area contributed by atoms with Crippen molar-refractivity contribution in [1.82, 2.24) is 0 Å². The topological polar surface area (TPSA) is 24.4 Å². The first kappa shape index (κ1) is 14.9. The third-order valence-corrected chi connectivity index (χ3v) is 5.15. The van der Waals surface area contributed by atoms with Gasteiger partial charge in [-0.25, -0.2) is 0 Å². The molecule has 0 saturated carbocycles. The molecule has 1 atom stereocenters. The molecule has 1 heterocycles. The number of hydrogen-bond donors (Lipinski definition) is 1. The second-order valence-electron chi connectivity index (χ2n) is 6.21. The molecule has 0 amide bonds. The maximum atomic E-state index is 4.62. The highest BCUT2D eigenvalue weighted by atomic mass is 79.9. The Hall–Kier alpha value is -0.480. The van der Waals surface area contributed by atoms with Crippen LogP contribution in [0.3, 0.4) is 0 Å². The maximum absolute atomic E-state index is 4.62. The minimum Gasteiger partial charge on any atom is -0.334 e. The van der Waals surface area contributed by atoms with Crippen LogP contribution in [-0.2, 0) is 0 Å². The lowest BCUT2D eigenvalue weighted by Crippen LogP contribution is -2.16. The molecule has 19 heavy (non-hydrogen) atoms. The standard InChI is InChI=1S/C15H21BrN2S/c1-10-6-5-7-12(13(10)16)18-14-17-9-11(19-14)8-15(2,3)4/h5-7,11H,8-9H2,1-4H3,(H,17,18). The summed E-state index contributed by atoms with van der Waals surface area (Å²) in [6, 6.07) is 6.24. The first-order valence-electron chi connectivity index (χ1n) is 6.58. The number of rotatable bonds is 2. The van der Waals surface area contributed by atoms with Gasteiger partial charge in [-0.3, -0.25) is 4.99 Å². The van der Waals surface area contributed by atoms with Gasteiger partial charge in [0.05, 0.1) is 12.2 Å². The fraction of sp³-hybridized carbons (Fsp3) is 0.533. The molecule has 0 aromatic heterocycles. The lowest BCUT2D eigenvalue weighted by atomic mass is 9.90. The highest BCUT2D eigenvalue weighted by Crippen LogP contribution is 2.34. The van der Waals surface area contributed by atoms with Gasteiger partial charge in [0.1, 0.15) is 0 Å². The smallest absolute Gasteiger partial charge is 0.161 e. The number of amidine groups is 1. The van der Waals surface area contributed by atoms with Crippen LogP contribution in [0.15, 0.2) is 27.7 Å². The van der Waals surface area contributed by atoms with Gasteiger partial charge in [0, 0.05) is 9.72 Å². The Bertz CT molecular complexity index is 491. The Morgan fingerprint density at radius 1 is 1.42 bits per heavy atom. The van der Waals surface area contributed by atoms with Crippen LogP contribution in [0.5, 0.6) is 0 Å². The largest absolute Gasteiger partial charge is 0.334 e. The van der Waals surface area contributed by atoms with Crippen LogP contribution in [0.2, 0.25) is 0 Å². The molecule has 1 aliphatic heterocycles. The number of halogens is 1. The van der Waals surface area contributed by atoms with Gasteiger partial charge in [-0.2, -0.15) is 0 Å². The van der Waals surface area contributed by atoms with Gasteiger partial charge in [0.2, 0.25) is 0 Å². The zero-order chi connectivity index (χ0) is 14.0. The molecule has 1 N–H and O–H groups in total. The van der Waals surface area contributed by atoms with Crippen molar-refractivity contribution < 1.29 is 0 Å². The maximum Gasteiger partial charge on any atom is 0.161 e. The van der Waals surface area contributed by atoms with Gasteiger partial charge in [-0.15, -0.1) is 0 Å². The Morgan fingerprint density at radius 3 is 2.84 bits per heavy atom. The molecule has 1 aromatic carbocycles. The van der Waals surface area contributed by atoms with Crippen LogP contribution in [0.25, 0.3) is 0 Å². The van der Waals surface area contributed by atoms with E-state index in [1.807, 2.05) is 11.8 Å². The molecule has 4 heteroatoms. The van der Waals surface area contributed by atoms with E-state index in [2.05, 4.69) is 72.1 Å². The third kappa shape index (κ3) is 4.25. The van der Waals surface area contributed by atoms with Crippen molar-refractivity contribution >= 4 is 38.5 Å². The monoisotopic (exact) mass is 340 g/mol. The number of nitrogens with zero attached hydrogens (tertiary/aromatic N) is 1. The van der Waals surface area contributed by atoms with Crippen molar-refractivity contribution in [3.63, 3.8) is 0 Å². The predicted octanol–water partition coefficient (Wildman–Crippen LogP) is 5.08. The summed E-state index contributed by atoms with van der Waals surface area (Å²) in [5.41, 5.74) is 2.70. The average molecular weight is 341 g/mol. The molecule has 0 aliphatic carbocycles. The van der Waals surface area contributed by atoms with Crippen molar-refractivity contribution in [2.24, 2.45) is 10.4 Å². The molecule has 0 bridgehead atoms. The molecule has 1 aliphatic rings. The van der Waals surface area contributed by atoms with Gasteiger partial charge in [0.15, 0.2) is 5.17 Å². The zero-order valence-electron chi connectivity index (χ0n) is 12.0. The molecule has 2 nitrogen and oxygen atoms in total. The van der Waals surface area contributed by atoms with Crippen LogP contribution in [0, 0.1) is 12.3 Å². The van der Waals surface area contributed by atoms with Gasteiger partial charge >= 0.3 is 0 Å². The van der Waals surface area contributed by atoms with Crippen LogP contribution < -0.4 is 5.32 Å². The minimum absolute atomic E-state index is 0.368. The van der Waals surface area contributed by atoms with Gasteiger partial charge in [-0.1, -0.05) is 44.7 Å². The molecular formula is C15H21BrN2S. The van der Waals surface area contributed by atoms with Crippen molar-refractivity contribution in [2.45, 2.75) is 39.4 Å². The van der Waals surface area contributed by atoms with Crippen molar-refractivity contribution in [3.05, 3.63) is 28.2 Å². The van der Waals surface area contributed by atoms with Crippen LogP contribution >= 0.6 is 27.7 Å². The fourth-order valence-corrected chi connectivity index (χ4v) is 3.86. The molecular weight excluding hydrogens is 320 g/mol. The summed E-state index contributed by atoms with van der Waals surface area (Å²) in [5.74, 6) is 0. The van der Waals surface area contributed by atoms with E-state index in [4.69, 9.17) is 0 Å². The molecule has 1 unspecified atom stereocenters.